The number of ether oxygens (including phenoxy) is 2. The van der Waals surface area contributed by atoms with Gasteiger partial charge in [0.05, 0.1) is 13.7 Å². The van der Waals surface area contributed by atoms with Crippen molar-refractivity contribution in [2.24, 2.45) is 0 Å². The van der Waals surface area contributed by atoms with E-state index in [-0.39, 0.29) is 6.07 Å². The highest BCUT2D eigenvalue weighted by atomic mass is 19.4. The lowest BCUT2D eigenvalue weighted by Gasteiger charge is -2.16. The Morgan fingerprint density at radius 1 is 1.21 bits per heavy atom. The molecule has 0 unspecified atom stereocenters. The fourth-order valence-corrected chi connectivity index (χ4v) is 1.19. The molecule has 0 aliphatic heterocycles. The highest BCUT2D eigenvalue weighted by molar-refractivity contribution is 5.40. The molecule has 19 heavy (non-hydrogen) atoms. The second-order valence-corrected chi connectivity index (χ2v) is 3.19. The monoisotopic (exact) mass is 291 g/mol. The van der Waals surface area contributed by atoms with E-state index < -0.39 is 42.0 Å². The highest BCUT2D eigenvalue weighted by Gasteiger charge is 2.41. The van der Waals surface area contributed by atoms with Gasteiger partial charge < -0.3 is 14.6 Å². The average Bonchev–Trinajstić information content (AvgIpc) is 2.24. The van der Waals surface area contributed by atoms with Crippen LogP contribution in [-0.2, 0) is 12.8 Å². The summed E-state index contributed by atoms with van der Waals surface area (Å²) in [4.78, 5) is 2.98. The number of rotatable bonds is 3. The molecule has 0 saturated heterocycles. The molecule has 1 rings (SSSR count). The van der Waals surface area contributed by atoms with Gasteiger partial charge in [-0.1, -0.05) is 0 Å². The predicted molar refractivity (Wildman–Crippen MR) is 48.4 cm³/mol. The maximum absolute atomic E-state index is 12.6. The Kier molecular flexibility index (Phi) is 4.13. The Morgan fingerprint density at radius 2 is 1.79 bits per heavy atom. The first kappa shape index (κ1) is 15.3. The van der Waals surface area contributed by atoms with Crippen LogP contribution in [0, 0.1) is 0 Å². The quantitative estimate of drug-likeness (QED) is 0.869. The van der Waals surface area contributed by atoms with Crippen molar-refractivity contribution in [2.45, 2.75) is 19.1 Å². The number of hydrogen-bond donors (Lipinski definition) is 1. The maximum Gasteiger partial charge on any atom is 0.574 e. The SMILES string of the molecule is COc1cc(C(F)(F)F)c(OC(F)(F)F)nc1CO. The van der Waals surface area contributed by atoms with Gasteiger partial charge in [0.15, 0.2) is 0 Å². The number of halogens is 6. The topological polar surface area (TPSA) is 51.6 Å². The number of aliphatic hydroxyl groups is 1. The summed E-state index contributed by atoms with van der Waals surface area (Å²) in [5, 5.41) is 8.81. The largest absolute Gasteiger partial charge is 0.574 e. The molecular formula is C9H7F6NO3. The van der Waals surface area contributed by atoms with E-state index in [4.69, 9.17) is 5.11 Å². The Morgan fingerprint density at radius 3 is 2.16 bits per heavy atom. The van der Waals surface area contributed by atoms with Gasteiger partial charge in [-0.2, -0.15) is 13.2 Å². The number of nitrogens with zero attached hydrogens (tertiary/aromatic N) is 1. The molecule has 4 nitrogen and oxygen atoms in total. The standard InChI is InChI=1S/C9H7F6NO3/c1-18-6-2-4(8(10,11)12)7(16-5(6)3-17)19-9(13,14)15/h2,17H,3H2,1H3. The summed E-state index contributed by atoms with van der Waals surface area (Å²) in [7, 11) is 0.987. The van der Waals surface area contributed by atoms with Crippen LogP contribution in [0.4, 0.5) is 26.3 Å². The second-order valence-electron chi connectivity index (χ2n) is 3.19. The Labute approximate surface area is 102 Å². The molecular weight excluding hydrogens is 284 g/mol. The zero-order valence-electron chi connectivity index (χ0n) is 9.26. The van der Waals surface area contributed by atoms with E-state index >= 15 is 0 Å². The third-order valence-corrected chi connectivity index (χ3v) is 1.91. The van der Waals surface area contributed by atoms with Crippen molar-refractivity contribution < 1.29 is 40.9 Å². The molecule has 1 N–H and O–H groups in total. The van der Waals surface area contributed by atoms with Crippen LogP contribution in [0.15, 0.2) is 6.07 Å². The van der Waals surface area contributed by atoms with E-state index in [1.54, 1.807) is 0 Å². The zero-order chi connectivity index (χ0) is 14.8. The minimum atomic E-state index is -5.34. The van der Waals surface area contributed by atoms with E-state index in [2.05, 4.69) is 14.5 Å². The Balaban J connectivity index is 3.41. The first-order valence-corrected chi connectivity index (χ1v) is 4.60. The zero-order valence-corrected chi connectivity index (χ0v) is 9.26. The summed E-state index contributed by atoms with van der Waals surface area (Å²) < 4.78 is 81.4. The van der Waals surface area contributed by atoms with Crippen molar-refractivity contribution in [2.75, 3.05) is 7.11 Å². The summed E-state index contributed by atoms with van der Waals surface area (Å²) in [5.41, 5.74) is -2.26. The lowest BCUT2D eigenvalue weighted by Crippen LogP contribution is -2.22. The van der Waals surface area contributed by atoms with Crippen LogP contribution in [0.1, 0.15) is 11.3 Å². The van der Waals surface area contributed by atoms with Gasteiger partial charge in [0.1, 0.15) is 17.0 Å². The minimum Gasteiger partial charge on any atom is -0.495 e. The summed E-state index contributed by atoms with van der Waals surface area (Å²) in [6.07, 6.45) is -10.5. The summed E-state index contributed by atoms with van der Waals surface area (Å²) in [5.74, 6) is -2.19. The van der Waals surface area contributed by atoms with Crippen molar-refractivity contribution in [1.82, 2.24) is 4.98 Å². The molecule has 1 aromatic heterocycles. The fraction of sp³-hybridized carbons (Fsp3) is 0.444. The number of methoxy groups -OCH3 is 1. The van der Waals surface area contributed by atoms with Crippen molar-refractivity contribution in [1.29, 1.82) is 0 Å². The lowest BCUT2D eigenvalue weighted by molar-refractivity contribution is -0.278. The fourth-order valence-electron chi connectivity index (χ4n) is 1.19. The molecule has 0 aliphatic rings. The van der Waals surface area contributed by atoms with Crippen LogP contribution in [0.5, 0.6) is 11.6 Å². The molecule has 0 saturated carbocycles. The molecule has 0 fully saturated rings. The van der Waals surface area contributed by atoms with Crippen LogP contribution in [-0.4, -0.2) is 23.6 Å². The number of alkyl halides is 6. The van der Waals surface area contributed by atoms with Gasteiger partial charge in [0.25, 0.3) is 0 Å². The van der Waals surface area contributed by atoms with Gasteiger partial charge in [0.2, 0.25) is 5.88 Å². The normalized spacial score (nSPS) is 12.4. The molecule has 0 amide bonds. The number of aliphatic hydroxyl groups excluding tert-OH is 1. The lowest BCUT2D eigenvalue weighted by atomic mass is 10.2. The van der Waals surface area contributed by atoms with Crippen molar-refractivity contribution in [3.05, 3.63) is 17.3 Å². The van der Waals surface area contributed by atoms with E-state index in [0.717, 1.165) is 7.11 Å². The van der Waals surface area contributed by atoms with E-state index in [9.17, 15) is 26.3 Å². The van der Waals surface area contributed by atoms with E-state index in [0.29, 0.717) is 0 Å². The minimum absolute atomic E-state index is 0.277. The smallest absolute Gasteiger partial charge is 0.495 e. The summed E-state index contributed by atoms with van der Waals surface area (Å²) in [6.45, 7) is -0.907. The predicted octanol–water partition coefficient (Wildman–Crippen LogP) is 2.50. The first-order chi connectivity index (χ1) is 8.58. The van der Waals surface area contributed by atoms with Gasteiger partial charge in [-0.05, 0) is 6.07 Å². The molecule has 0 spiro atoms. The number of aromatic nitrogens is 1. The van der Waals surface area contributed by atoms with Crippen LogP contribution in [0.3, 0.4) is 0 Å². The van der Waals surface area contributed by atoms with Crippen LogP contribution in [0.25, 0.3) is 0 Å². The van der Waals surface area contributed by atoms with Gasteiger partial charge in [-0.15, -0.1) is 13.2 Å². The third-order valence-electron chi connectivity index (χ3n) is 1.91. The summed E-state index contributed by atoms with van der Waals surface area (Å²) in [6, 6.07) is 0.277. The molecule has 108 valence electrons. The van der Waals surface area contributed by atoms with E-state index in [1.165, 1.54) is 0 Å². The third kappa shape index (κ3) is 3.88. The van der Waals surface area contributed by atoms with Crippen LogP contribution in [0.2, 0.25) is 0 Å². The van der Waals surface area contributed by atoms with Crippen LogP contribution >= 0.6 is 0 Å². The molecule has 10 heteroatoms. The molecule has 1 heterocycles. The van der Waals surface area contributed by atoms with Crippen molar-refractivity contribution in [3.8, 4) is 11.6 Å². The summed E-state index contributed by atoms with van der Waals surface area (Å²) >= 11 is 0. The van der Waals surface area contributed by atoms with E-state index in [1.807, 2.05) is 0 Å². The van der Waals surface area contributed by atoms with Crippen molar-refractivity contribution in [3.63, 3.8) is 0 Å². The molecule has 0 aliphatic carbocycles. The molecule has 0 aromatic carbocycles. The second kappa shape index (κ2) is 5.11. The van der Waals surface area contributed by atoms with Gasteiger partial charge >= 0.3 is 12.5 Å². The Bertz CT molecular complexity index is 456. The molecule has 1 aromatic rings. The van der Waals surface area contributed by atoms with Gasteiger partial charge in [-0.25, -0.2) is 4.98 Å². The Hall–Kier alpha value is -1.71. The van der Waals surface area contributed by atoms with Crippen LogP contribution < -0.4 is 9.47 Å². The first-order valence-electron chi connectivity index (χ1n) is 4.60. The molecule has 0 atom stereocenters. The number of pyridine rings is 1. The van der Waals surface area contributed by atoms with Gasteiger partial charge in [0, 0.05) is 0 Å². The van der Waals surface area contributed by atoms with Crippen molar-refractivity contribution >= 4 is 0 Å². The maximum atomic E-state index is 12.6. The highest BCUT2D eigenvalue weighted by Crippen LogP contribution is 2.40. The number of hydrogen-bond acceptors (Lipinski definition) is 4. The molecule has 0 bridgehead atoms. The van der Waals surface area contributed by atoms with Gasteiger partial charge in [-0.3, -0.25) is 0 Å². The average molecular weight is 291 g/mol. The molecule has 0 radical (unpaired) electrons.